The first kappa shape index (κ1) is 19.3. The highest BCUT2D eigenvalue weighted by Crippen LogP contribution is 2.33. The van der Waals surface area contributed by atoms with Crippen LogP contribution in [0.15, 0.2) is 22.7 Å². The maximum atomic E-state index is 12.6. The highest BCUT2D eigenvalue weighted by Gasteiger charge is 2.33. The van der Waals surface area contributed by atoms with Gasteiger partial charge in [-0.3, -0.25) is 4.79 Å². The van der Waals surface area contributed by atoms with Crippen molar-refractivity contribution in [1.82, 2.24) is 4.90 Å². The van der Waals surface area contributed by atoms with Crippen molar-refractivity contribution in [1.29, 1.82) is 0 Å². The van der Waals surface area contributed by atoms with E-state index in [1.807, 2.05) is 25.2 Å². The molecule has 0 spiro atoms. The minimum absolute atomic E-state index is 0. The van der Waals surface area contributed by atoms with Crippen molar-refractivity contribution in [2.45, 2.75) is 25.8 Å². The number of hydrogen-bond acceptors (Lipinski definition) is 3. The zero-order valence-corrected chi connectivity index (χ0v) is 15.5. The van der Waals surface area contributed by atoms with E-state index >= 15 is 0 Å². The van der Waals surface area contributed by atoms with E-state index in [-0.39, 0.29) is 24.2 Å². The Labute approximate surface area is 146 Å². The van der Waals surface area contributed by atoms with E-state index in [2.05, 4.69) is 15.9 Å². The molecule has 1 amide bonds. The number of carbonyl (C=O) groups excluding carboxylic acids is 1. The molecule has 1 fully saturated rings. The average molecular weight is 392 g/mol. The molecule has 0 aromatic heterocycles. The molecule has 1 aromatic carbocycles. The molecule has 0 heterocycles. The first-order valence-corrected chi connectivity index (χ1v) is 8.13. The lowest BCUT2D eigenvalue weighted by Gasteiger charge is -2.25. The Hall–Kier alpha value is -0.780. The summed E-state index contributed by atoms with van der Waals surface area (Å²) in [4.78, 5) is 14.4. The molecule has 124 valence electrons. The highest BCUT2D eigenvalue weighted by atomic mass is 79.9. The molecular formula is C16H24BrClN2O2. The predicted molar refractivity (Wildman–Crippen MR) is 94.3 cm³/mol. The molecule has 1 aromatic rings. The Kier molecular flexibility index (Phi) is 7.66. The Morgan fingerprint density at radius 1 is 1.45 bits per heavy atom. The molecule has 2 N–H and O–H groups in total. The number of rotatable bonds is 5. The average Bonchev–Trinajstić information content (AvgIpc) is 2.95. The molecule has 0 bridgehead atoms. The van der Waals surface area contributed by atoms with E-state index in [0.717, 1.165) is 35.0 Å². The maximum Gasteiger partial charge on any atom is 0.226 e. The second-order valence-electron chi connectivity index (χ2n) is 5.68. The van der Waals surface area contributed by atoms with Gasteiger partial charge in [0.25, 0.3) is 0 Å². The fourth-order valence-electron chi connectivity index (χ4n) is 3.13. The maximum absolute atomic E-state index is 12.6. The van der Waals surface area contributed by atoms with E-state index in [0.29, 0.717) is 19.0 Å². The van der Waals surface area contributed by atoms with E-state index in [1.165, 1.54) is 0 Å². The lowest BCUT2D eigenvalue weighted by molar-refractivity contribution is -0.135. The first-order chi connectivity index (χ1) is 10.1. The third-order valence-corrected chi connectivity index (χ3v) is 4.80. The van der Waals surface area contributed by atoms with E-state index in [1.54, 1.807) is 12.0 Å². The van der Waals surface area contributed by atoms with Gasteiger partial charge < -0.3 is 15.4 Å². The Morgan fingerprint density at radius 2 is 2.18 bits per heavy atom. The van der Waals surface area contributed by atoms with Crippen LogP contribution in [0.5, 0.6) is 5.75 Å². The number of ether oxygens (including phenoxy) is 1. The molecule has 2 atom stereocenters. The van der Waals surface area contributed by atoms with Gasteiger partial charge in [0.2, 0.25) is 5.91 Å². The zero-order valence-electron chi connectivity index (χ0n) is 13.0. The first-order valence-electron chi connectivity index (χ1n) is 7.34. The van der Waals surface area contributed by atoms with Crippen molar-refractivity contribution in [3.05, 3.63) is 28.2 Å². The number of carbonyl (C=O) groups is 1. The molecule has 0 radical (unpaired) electrons. The van der Waals surface area contributed by atoms with Crippen molar-refractivity contribution in [2.24, 2.45) is 17.6 Å². The molecule has 22 heavy (non-hydrogen) atoms. The number of amides is 1. The van der Waals surface area contributed by atoms with Crippen molar-refractivity contribution >= 4 is 34.2 Å². The molecule has 6 heteroatoms. The summed E-state index contributed by atoms with van der Waals surface area (Å²) in [5.41, 5.74) is 6.79. The molecule has 1 saturated carbocycles. The van der Waals surface area contributed by atoms with Gasteiger partial charge in [0, 0.05) is 29.5 Å². The van der Waals surface area contributed by atoms with Crippen LogP contribution in [0, 0.1) is 11.8 Å². The van der Waals surface area contributed by atoms with Crippen LogP contribution in [0.25, 0.3) is 0 Å². The van der Waals surface area contributed by atoms with E-state index in [9.17, 15) is 4.79 Å². The summed E-state index contributed by atoms with van der Waals surface area (Å²) in [5, 5.41) is 0. The topological polar surface area (TPSA) is 55.6 Å². The van der Waals surface area contributed by atoms with Crippen LogP contribution in [0.2, 0.25) is 0 Å². The number of hydrogen-bond donors (Lipinski definition) is 1. The van der Waals surface area contributed by atoms with Crippen molar-refractivity contribution < 1.29 is 9.53 Å². The number of nitrogens with two attached hydrogens (primary N) is 1. The minimum Gasteiger partial charge on any atom is -0.496 e. The summed E-state index contributed by atoms with van der Waals surface area (Å²) >= 11 is 3.46. The van der Waals surface area contributed by atoms with Gasteiger partial charge in [0.05, 0.1) is 7.11 Å². The van der Waals surface area contributed by atoms with Crippen LogP contribution in [-0.4, -0.2) is 31.5 Å². The Bertz CT molecular complexity index is 513. The summed E-state index contributed by atoms with van der Waals surface area (Å²) < 4.78 is 6.36. The zero-order chi connectivity index (χ0) is 15.4. The molecule has 0 unspecified atom stereocenters. The van der Waals surface area contributed by atoms with Crippen LogP contribution in [-0.2, 0) is 11.3 Å². The monoisotopic (exact) mass is 390 g/mol. The summed E-state index contributed by atoms with van der Waals surface area (Å²) in [6.45, 7) is 1.15. The van der Waals surface area contributed by atoms with Gasteiger partial charge in [-0.25, -0.2) is 0 Å². The van der Waals surface area contributed by atoms with E-state index in [4.69, 9.17) is 10.5 Å². The largest absolute Gasteiger partial charge is 0.496 e. The number of halogens is 2. The number of methoxy groups -OCH3 is 1. The summed E-state index contributed by atoms with van der Waals surface area (Å²) in [7, 11) is 3.50. The fraction of sp³-hybridized carbons (Fsp3) is 0.562. The Balaban J connectivity index is 0.00000242. The van der Waals surface area contributed by atoms with Crippen molar-refractivity contribution in [2.75, 3.05) is 20.7 Å². The van der Waals surface area contributed by atoms with Crippen LogP contribution in [0.4, 0.5) is 0 Å². The minimum atomic E-state index is 0. The quantitative estimate of drug-likeness (QED) is 0.838. The summed E-state index contributed by atoms with van der Waals surface area (Å²) in [6, 6.07) is 5.85. The molecule has 0 aliphatic heterocycles. The van der Waals surface area contributed by atoms with Gasteiger partial charge >= 0.3 is 0 Å². The SMILES string of the molecule is COc1ccc(Br)cc1CN(C)C(=O)[C@@H]1CCC[C@@H]1CN.Cl. The summed E-state index contributed by atoms with van der Waals surface area (Å²) in [6.07, 6.45) is 3.13. The van der Waals surface area contributed by atoms with Gasteiger partial charge in [0.1, 0.15) is 5.75 Å². The molecule has 4 nitrogen and oxygen atoms in total. The number of benzene rings is 1. The second-order valence-corrected chi connectivity index (χ2v) is 6.60. The highest BCUT2D eigenvalue weighted by molar-refractivity contribution is 9.10. The third-order valence-electron chi connectivity index (χ3n) is 4.31. The third kappa shape index (κ3) is 4.37. The molecule has 2 rings (SSSR count). The molecular weight excluding hydrogens is 368 g/mol. The van der Waals surface area contributed by atoms with Crippen LogP contribution >= 0.6 is 28.3 Å². The lowest BCUT2D eigenvalue weighted by Crippen LogP contribution is -2.36. The van der Waals surface area contributed by atoms with Crippen molar-refractivity contribution in [3.8, 4) is 5.75 Å². The van der Waals surface area contributed by atoms with Crippen LogP contribution < -0.4 is 10.5 Å². The van der Waals surface area contributed by atoms with Gasteiger partial charge in [-0.1, -0.05) is 22.4 Å². The fourth-order valence-corrected chi connectivity index (χ4v) is 3.54. The molecule has 1 aliphatic carbocycles. The van der Waals surface area contributed by atoms with Gasteiger partial charge in [0.15, 0.2) is 0 Å². The predicted octanol–water partition coefficient (Wildman–Crippen LogP) is 3.21. The second kappa shape index (κ2) is 8.75. The van der Waals surface area contributed by atoms with Gasteiger partial charge in [-0.15, -0.1) is 12.4 Å². The van der Waals surface area contributed by atoms with Crippen molar-refractivity contribution in [3.63, 3.8) is 0 Å². The van der Waals surface area contributed by atoms with Gasteiger partial charge in [-0.05, 0) is 43.5 Å². The van der Waals surface area contributed by atoms with Gasteiger partial charge in [-0.2, -0.15) is 0 Å². The smallest absolute Gasteiger partial charge is 0.226 e. The normalized spacial score (nSPS) is 20.4. The molecule has 1 aliphatic rings. The Morgan fingerprint density at radius 3 is 2.82 bits per heavy atom. The molecule has 0 saturated heterocycles. The summed E-state index contributed by atoms with van der Waals surface area (Å²) in [5.74, 6) is 1.42. The van der Waals surface area contributed by atoms with Crippen LogP contribution in [0.1, 0.15) is 24.8 Å². The number of nitrogens with zero attached hydrogens (tertiary/aromatic N) is 1. The van der Waals surface area contributed by atoms with E-state index < -0.39 is 0 Å². The lowest BCUT2D eigenvalue weighted by atomic mass is 9.94. The van der Waals surface area contributed by atoms with Crippen LogP contribution in [0.3, 0.4) is 0 Å². The standard InChI is InChI=1S/C16H23BrN2O2.ClH/c1-19(16(20)14-5-3-4-11(14)9-18)10-12-8-13(17)6-7-15(12)21-2;/h6-8,11,14H,3-5,9-10,18H2,1-2H3;1H/t11-,14-;/m1./s1.